The molecular weight excluding hydrogens is 239 g/mol. The Kier molecular flexibility index (Phi) is 4.27. The number of hydrogen-bond acceptors (Lipinski definition) is 4. The molecule has 1 rings (SSSR count). The van der Waals surface area contributed by atoms with Crippen molar-refractivity contribution in [1.82, 2.24) is 4.98 Å². The fraction of sp³-hybridized carbons (Fsp3) is 0.333. The first-order valence-electron chi connectivity index (χ1n) is 4.50. The highest BCUT2D eigenvalue weighted by Crippen LogP contribution is 2.16. The summed E-state index contributed by atoms with van der Waals surface area (Å²) in [4.78, 5) is 3.79. The summed E-state index contributed by atoms with van der Waals surface area (Å²) in [6.07, 6.45) is -3.01. The molecule has 0 spiro atoms. The van der Waals surface area contributed by atoms with E-state index in [1.807, 2.05) is 0 Å². The van der Waals surface area contributed by atoms with E-state index >= 15 is 0 Å². The Morgan fingerprint density at radius 2 is 2.24 bits per heavy atom. The van der Waals surface area contributed by atoms with Gasteiger partial charge in [0.25, 0.3) is 0 Å². The number of ether oxygens (including phenoxy) is 1. The van der Waals surface area contributed by atoms with Crippen molar-refractivity contribution in [3.05, 3.63) is 29.6 Å². The molecule has 1 heterocycles. The summed E-state index contributed by atoms with van der Waals surface area (Å²) in [5.74, 6) is -0.281. The van der Waals surface area contributed by atoms with Gasteiger partial charge in [-0.15, -0.1) is 0 Å². The van der Waals surface area contributed by atoms with E-state index in [0.29, 0.717) is 5.56 Å². The normalized spacial score (nSPS) is 12.8. The number of rotatable bonds is 4. The minimum Gasteiger partial charge on any atom is -0.409 e. The van der Waals surface area contributed by atoms with Gasteiger partial charge in [-0.2, -0.15) is 13.2 Å². The number of pyridine rings is 1. The summed E-state index contributed by atoms with van der Waals surface area (Å²) in [5, 5.41) is 11.2. The Hall–Kier alpha value is -1.83. The molecule has 0 unspecified atom stereocenters. The summed E-state index contributed by atoms with van der Waals surface area (Å²) in [6.45, 7) is -1.68. The van der Waals surface area contributed by atoms with E-state index in [0.717, 1.165) is 0 Å². The molecule has 94 valence electrons. The molecule has 1 aromatic rings. The van der Waals surface area contributed by atoms with Gasteiger partial charge in [0.1, 0.15) is 12.3 Å². The van der Waals surface area contributed by atoms with E-state index in [9.17, 15) is 13.2 Å². The first-order valence-corrected chi connectivity index (χ1v) is 4.50. The predicted octanol–water partition coefficient (Wildman–Crippen LogP) is 1.25. The number of hydrogen-bond donors (Lipinski definition) is 2. The lowest BCUT2D eigenvalue weighted by molar-refractivity contribution is -0.176. The second-order valence-electron chi connectivity index (χ2n) is 3.10. The second kappa shape index (κ2) is 5.48. The maximum absolute atomic E-state index is 11.9. The number of nitrogens with zero attached hydrogens (tertiary/aromatic N) is 2. The summed E-state index contributed by atoms with van der Waals surface area (Å²) in [7, 11) is 0. The molecule has 5 nitrogen and oxygen atoms in total. The van der Waals surface area contributed by atoms with Crippen LogP contribution in [0.1, 0.15) is 11.3 Å². The van der Waals surface area contributed by atoms with Crippen molar-refractivity contribution < 1.29 is 23.1 Å². The van der Waals surface area contributed by atoms with Crippen molar-refractivity contribution in [2.45, 2.75) is 12.8 Å². The largest absolute Gasteiger partial charge is 0.411 e. The lowest BCUT2D eigenvalue weighted by Crippen LogP contribution is -2.20. The van der Waals surface area contributed by atoms with Gasteiger partial charge in [-0.3, -0.25) is 4.98 Å². The van der Waals surface area contributed by atoms with Gasteiger partial charge in [-0.1, -0.05) is 11.2 Å². The molecule has 0 aromatic carbocycles. The summed E-state index contributed by atoms with van der Waals surface area (Å²) < 4.78 is 40.0. The van der Waals surface area contributed by atoms with Crippen LogP contribution in [0.4, 0.5) is 13.2 Å². The van der Waals surface area contributed by atoms with E-state index < -0.39 is 12.8 Å². The van der Waals surface area contributed by atoms with Crippen molar-refractivity contribution in [3.63, 3.8) is 0 Å². The monoisotopic (exact) mass is 249 g/mol. The lowest BCUT2D eigenvalue weighted by atomic mass is 10.2. The molecule has 0 aliphatic carbocycles. The van der Waals surface area contributed by atoms with Crippen molar-refractivity contribution in [2.75, 3.05) is 6.61 Å². The number of amidine groups is 1. The van der Waals surface area contributed by atoms with E-state index in [-0.39, 0.29) is 18.1 Å². The molecule has 17 heavy (non-hydrogen) atoms. The first kappa shape index (κ1) is 13.2. The number of aromatic nitrogens is 1. The van der Waals surface area contributed by atoms with Crippen LogP contribution in [0.25, 0.3) is 0 Å². The van der Waals surface area contributed by atoms with Gasteiger partial charge in [-0.05, 0) is 6.07 Å². The Labute approximate surface area is 94.7 Å². The summed E-state index contributed by atoms with van der Waals surface area (Å²) in [5.41, 5.74) is 5.72. The third-order valence-corrected chi connectivity index (χ3v) is 1.76. The fourth-order valence-electron chi connectivity index (χ4n) is 1.11. The predicted molar refractivity (Wildman–Crippen MR) is 52.5 cm³/mol. The molecule has 0 amide bonds. The Morgan fingerprint density at radius 1 is 1.53 bits per heavy atom. The number of nitrogens with two attached hydrogens (primary N) is 1. The zero-order chi connectivity index (χ0) is 12.9. The highest BCUT2D eigenvalue weighted by atomic mass is 19.4. The molecule has 0 bridgehead atoms. The quantitative estimate of drug-likeness (QED) is 0.364. The van der Waals surface area contributed by atoms with Crippen LogP contribution in [0, 0.1) is 0 Å². The van der Waals surface area contributed by atoms with Crippen LogP contribution in [-0.4, -0.2) is 28.8 Å². The lowest BCUT2D eigenvalue weighted by Gasteiger charge is -2.09. The van der Waals surface area contributed by atoms with Crippen LogP contribution in [0.3, 0.4) is 0 Å². The third kappa shape index (κ3) is 4.27. The van der Waals surface area contributed by atoms with Crippen molar-refractivity contribution >= 4 is 5.84 Å². The van der Waals surface area contributed by atoms with E-state index in [2.05, 4.69) is 14.9 Å². The molecule has 3 N–H and O–H groups in total. The topological polar surface area (TPSA) is 80.7 Å². The van der Waals surface area contributed by atoms with Crippen LogP contribution >= 0.6 is 0 Å². The Bertz CT molecular complexity index is 407. The molecular formula is C9H10F3N3O2. The van der Waals surface area contributed by atoms with Gasteiger partial charge >= 0.3 is 6.18 Å². The van der Waals surface area contributed by atoms with Crippen LogP contribution in [-0.2, 0) is 11.3 Å². The molecule has 0 atom stereocenters. The molecule has 8 heteroatoms. The van der Waals surface area contributed by atoms with Gasteiger partial charge in [0, 0.05) is 11.8 Å². The summed E-state index contributed by atoms with van der Waals surface area (Å²) in [6, 6.07) is 3.00. The minimum atomic E-state index is -4.39. The van der Waals surface area contributed by atoms with Gasteiger partial charge in [0.2, 0.25) is 0 Å². The molecule has 0 radical (unpaired) electrons. The van der Waals surface area contributed by atoms with Crippen molar-refractivity contribution in [3.8, 4) is 0 Å². The van der Waals surface area contributed by atoms with Crippen LogP contribution in [0.2, 0.25) is 0 Å². The SMILES string of the molecule is NC(=NO)c1ncccc1COCC(F)(F)F. The number of halogens is 3. The second-order valence-corrected chi connectivity index (χ2v) is 3.10. The highest BCUT2D eigenvalue weighted by Gasteiger charge is 2.27. The van der Waals surface area contributed by atoms with Gasteiger partial charge in [0.15, 0.2) is 5.84 Å². The maximum atomic E-state index is 11.9. The zero-order valence-corrected chi connectivity index (χ0v) is 8.61. The first-order chi connectivity index (χ1) is 7.94. The highest BCUT2D eigenvalue weighted by molar-refractivity contribution is 5.96. The van der Waals surface area contributed by atoms with E-state index in [1.165, 1.54) is 18.3 Å². The van der Waals surface area contributed by atoms with Crippen LogP contribution in [0.5, 0.6) is 0 Å². The van der Waals surface area contributed by atoms with E-state index in [4.69, 9.17) is 10.9 Å². The standard InChI is InChI=1S/C9H10F3N3O2/c10-9(11,12)5-17-4-6-2-1-3-14-7(6)8(13)15-16/h1-3,16H,4-5H2,(H2,13,15). The fourth-order valence-corrected chi connectivity index (χ4v) is 1.11. The summed E-state index contributed by atoms with van der Waals surface area (Å²) >= 11 is 0. The smallest absolute Gasteiger partial charge is 0.409 e. The Balaban J connectivity index is 2.71. The zero-order valence-electron chi connectivity index (χ0n) is 8.61. The maximum Gasteiger partial charge on any atom is 0.411 e. The molecule has 0 aliphatic heterocycles. The van der Waals surface area contributed by atoms with Gasteiger partial charge in [-0.25, -0.2) is 0 Å². The molecule has 0 saturated heterocycles. The molecule has 1 aromatic heterocycles. The average Bonchev–Trinajstić information content (AvgIpc) is 2.27. The minimum absolute atomic E-state index is 0.0946. The third-order valence-electron chi connectivity index (χ3n) is 1.76. The Morgan fingerprint density at radius 3 is 2.82 bits per heavy atom. The van der Waals surface area contributed by atoms with Gasteiger partial charge in [0.05, 0.1) is 6.61 Å². The molecule has 0 saturated carbocycles. The van der Waals surface area contributed by atoms with Crippen LogP contribution in [0.15, 0.2) is 23.5 Å². The van der Waals surface area contributed by atoms with Crippen LogP contribution < -0.4 is 5.73 Å². The van der Waals surface area contributed by atoms with Gasteiger partial charge < -0.3 is 15.7 Å². The van der Waals surface area contributed by atoms with E-state index in [1.54, 1.807) is 0 Å². The van der Waals surface area contributed by atoms with Crippen molar-refractivity contribution in [1.29, 1.82) is 0 Å². The average molecular weight is 249 g/mol. The number of oxime groups is 1. The molecule has 0 aliphatic rings. The number of alkyl halides is 3. The van der Waals surface area contributed by atoms with Crippen molar-refractivity contribution in [2.24, 2.45) is 10.9 Å². The molecule has 0 fully saturated rings.